The first-order valence-corrected chi connectivity index (χ1v) is 2.33. The minimum atomic E-state index is 0.584. The Kier molecular flexibility index (Phi) is 4.69. The fraction of sp³-hybridized carbons (Fsp3) is 0.500. The molecule has 0 aliphatic rings. The van der Waals surface area contributed by atoms with Crippen molar-refractivity contribution < 1.29 is 0 Å². The molecule has 2 heteroatoms. The Hall–Kier alpha value is -0.170. The molecule has 0 spiro atoms. The monoisotopic (exact) mass is 105 g/mol. The van der Waals surface area contributed by atoms with Gasteiger partial charge < -0.3 is 5.32 Å². The molecule has 0 aromatic carbocycles. The molecule has 36 valence electrons. The van der Waals surface area contributed by atoms with E-state index in [0.717, 1.165) is 0 Å². The quantitative estimate of drug-likeness (QED) is 0.516. The molecular formula is C4H8ClN. The van der Waals surface area contributed by atoms with Gasteiger partial charge in [-0.05, 0) is 6.20 Å². The van der Waals surface area contributed by atoms with Gasteiger partial charge >= 0.3 is 0 Å². The second kappa shape index (κ2) is 4.83. The molecule has 0 rings (SSSR count). The van der Waals surface area contributed by atoms with Crippen LogP contribution in [0.25, 0.3) is 0 Å². The van der Waals surface area contributed by atoms with E-state index in [1.165, 1.54) is 0 Å². The number of alkyl halides is 1. The van der Waals surface area contributed by atoms with Gasteiger partial charge in [0.1, 0.15) is 0 Å². The standard InChI is InChI=1S/C4H8ClN/c1-6-4-2-3-5/h2,4,6H,3H2,1H3/b4-2+. The summed E-state index contributed by atoms with van der Waals surface area (Å²) in [5, 5.41) is 2.80. The average molecular weight is 106 g/mol. The molecule has 0 aliphatic heterocycles. The minimum absolute atomic E-state index is 0.584. The van der Waals surface area contributed by atoms with Gasteiger partial charge in [0.25, 0.3) is 0 Å². The molecule has 1 N–H and O–H groups in total. The molecular weight excluding hydrogens is 97.5 g/mol. The fourth-order valence-corrected chi connectivity index (χ4v) is 0.251. The van der Waals surface area contributed by atoms with E-state index in [1.54, 1.807) is 6.20 Å². The number of nitrogens with one attached hydrogen (secondary N) is 1. The molecule has 0 fully saturated rings. The molecule has 0 saturated heterocycles. The Balaban J connectivity index is 2.73. The summed E-state index contributed by atoms with van der Waals surface area (Å²) in [5.74, 6) is 0.584. The van der Waals surface area contributed by atoms with Crippen LogP contribution in [-0.4, -0.2) is 12.9 Å². The van der Waals surface area contributed by atoms with E-state index < -0.39 is 0 Å². The van der Waals surface area contributed by atoms with Crippen molar-refractivity contribution >= 4 is 11.6 Å². The smallest absolute Gasteiger partial charge is 0.0420 e. The third kappa shape index (κ3) is 3.83. The van der Waals surface area contributed by atoms with Crippen LogP contribution in [0.4, 0.5) is 0 Å². The largest absolute Gasteiger partial charge is 0.394 e. The van der Waals surface area contributed by atoms with Crippen molar-refractivity contribution in [2.24, 2.45) is 0 Å². The van der Waals surface area contributed by atoms with Crippen LogP contribution in [-0.2, 0) is 0 Å². The zero-order chi connectivity index (χ0) is 4.83. The summed E-state index contributed by atoms with van der Waals surface area (Å²) in [6.45, 7) is 0. The molecule has 0 heterocycles. The lowest BCUT2D eigenvalue weighted by molar-refractivity contribution is 1.10. The Morgan fingerprint density at radius 1 is 1.83 bits per heavy atom. The van der Waals surface area contributed by atoms with E-state index in [1.807, 2.05) is 13.1 Å². The van der Waals surface area contributed by atoms with Gasteiger partial charge in [-0.15, -0.1) is 11.6 Å². The van der Waals surface area contributed by atoms with Crippen molar-refractivity contribution in [3.8, 4) is 0 Å². The zero-order valence-electron chi connectivity index (χ0n) is 3.74. The molecule has 0 radical (unpaired) electrons. The normalized spacial score (nSPS) is 9.67. The second-order valence-corrected chi connectivity index (χ2v) is 1.15. The average Bonchev–Trinajstić information content (AvgIpc) is 1.61. The summed E-state index contributed by atoms with van der Waals surface area (Å²) >= 11 is 5.25. The zero-order valence-corrected chi connectivity index (χ0v) is 4.50. The van der Waals surface area contributed by atoms with Crippen LogP contribution in [0, 0.1) is 0 Å². The number of allylic oxidation sites excluding steroid dienone is 1. The van der Waals surface area contributed by atoms with E-state index in [2.05, 4.69) is 5.32 Å². The van der Waals surface area contributed by atoms with Crippen LogP contribution in [0.1, 0.15) is 0 Å². The number of rotatable bonds is 2. The molecule has 0 aromatic heterocycles. The van der Waals surface area contributed by atoms with Crippen LogP contribution in [0.2, 0.25) is 0 Å². The molecule has 0 atom stereocenters. The first-order chi connectivity index (χ1) is 2.91. The molecule has 6 heavy (non-hydrogen) atoms. The van der Waals surface area contributed by atoms with Crippen LogP contribution < -0.4 is 5.32 Å². The van der Waals surface area contributed by atoms with Crippen LogP contribution in [0.3, 0.4) is 0 Å². The third-order valence-electron chi connectivity index (χ3n) is 0.374. The van der Waals surface area contributed by atoms with Crippen LogP contribution in [0.5, 0.6) is 0 Å². The maximum atomic E-state index is 5.25. The maximum Gasteiger partial charge on any atom is 0.0420 e. The highest BCUT2D eigenvalue weighted by Crippen LogP contribution is 1.71. The van der Waals surface area contributed by atoms with Gasteiger partial charge in [0.05, 0.1) is 0 Å². The van der Waals surface area contributed by atoms with E-state index in [-0.39, 0.29) is 0 Å². The number of hydrogen-bond donors (Lipinski definition) is 1. The summed E-state index contributed by atoms with van der Waals surface area (Å²) in [7, 11) is 1.84. The van der Waals surface area contributed by atoms with Gasteiger partial charge in [-0.25, -0.2) is 0 Å². The Morgan fingerprint density at radius 2 is 2.50 bits per heavy atom. The first-order valence-electron chi connectivity index (χ1n) is 1.80. The predicted molar refractivity (Wildman–Crippen MR) is 28.9 cm³/mol. The van der Waals surface area contributed by atoms with E-state index in [9.17, 15) is 0 Å². The van der Waals surface area contributed by atoms with Crippen molar-refractivity contribution in [3.05, 3.63) is 12.3 Å². The molecule has 0 aromatic rings. The summed E-state index contributed by atoms with van der Waals surface area (Å²) in [6, 6.07) is 0. The number of halogens is 1. The Bertz CT molecular complexity index is 36.8. The van der Waals surface area contributed by atoms with Crippen molar-refractivity contribution in [2.45, 2.75) is 0 Å². The van der Waals surface area contributed by atoms with E-state index in [4.69, 9.17) is 11.6 Å². The van der Waals surface area contributed by atoms with Gasteiger partial charge in [0, 0.05) is 12.9 Å². The summed E-state index contributed by atoms with van der Waals surface area (Å²) in [6.07, 6.45) is 3.63. The van der Waals surface area contributed by atoms with Gasteiger partial charge in [0.2, 0.25) is 0 Å². The van der Waals surface area contributed by atoms with Crippen LogP contribution >= 0.6 is 11.6 Å². The van der Waals surface area contributed by atoms with E-state index in [0.29, 0.717) is 5.88 Å². The highest BCUT2D eigenvalue weighted by molar-refractivity contribution is 6.18. The minimum Gasteiger partial charge on any atom is -0.394 e. The SMILES string of the molecule is CN/C=C/CCl. The van der Waals surface area contributed by atoms with Gasteiger partial charge in [-0.1, -0.05) is 6.08 Å². The second-order valence-electron chi connectivity index (χ2n) is 0.845. The van der Waals surface area contributed by atoms with Crippen molar-refractivity contribution in [3.63, 3.8) is 0 Å². The maximum absolute atomic E-state index is 5.25. The fourth-order valence-electron chi connectivity index (χ4n) is 0.162. The first kappa shape index (κ1) is 5.83. The Labute approximate surface area is 43.0 Å². The van der Waals surface area contributed by atoms with Crippen molar-refractivity contribution in [1.82, 2.24) is 5.32 Å². The van der Waals surface area contributed by atoms with Gasteiger partial charge in [0.15, 0.2) is 0 Å². The predicted octanol–water partition coefficient (Wildman–Crippen LogP) is 0.958. The molecule has 0 saturated carbocycles. The van der Waals surface area contributed by atoms with E-state index >= 15 is 0 Å². The molecule has 1 nitrogen and oxygen atoms in total. The molecule has 0 unspecified atom stereocenters. The molecule has 0 bridgehead atoms. The lowest BCUT2D eigenvalue weighted by Crippen LogP contribution is -1.90. The lowest BCUT2D eigenvalue weighted by atomic mass is 10.7. The summed E-state index contributed by atoms with van der Waals surface area (Å²) in [4.78, 5) is 0. The highest BCUT2D eigenvalue weighted by Gasteiger charge is 1.59. The van der Waals surface area contributed by atoms with Crippen molar-refractivity contribution in [1.29, 1.82) is 0 Å². The topological polar surface area (TPSA) is 12.0 Å². The van der Waals surface area contributed by atoms with Crippen LogP contribution in [0.15, 0.2) is 12.3 Å². The van der Waals surface area contributed by atoms with Crippen molar-refractivity contribution in [2.75, 3.05) is 12.9 Å². The third-order valence-corrected chi connectivity index (χ3v) is 0.552. The number of hydrogen-bond acceptors (Lipinski definition) is 1. The van der Waals surface area contributed by atoms with Gasteiger partial charge in [-0.2, -0.15) is 0 Å². The molecule has 0 amide bonds. The lowest BCUT2D eigenvalue weighted by Gasteiger charge is -1.78. The molecule has 0 aliphatic carbocycles. The summed E-state index contributed by atoms with van der Waals surface area (Å²) < 4.78 is 0. The summed E-state index contributed by atoms with van der Waals surface area (Å²) in [5.41, 5.74) is 0. The Morgan fingerprint density at radius 3 is 2.67 bits per heavy atom. The van der Waals surface area contributed by atoms with Gasteiger partial charge in [-0.3, -0.25) is 0 Å². The highest BCUT2D eigenvalue weighted by atomic mass is 35.5.